The Hall–Kier alpha value is -2.38. The minimum Gasteiger partial charge on any atom is -0.354 e. The Morgan fingerprint density at radius 3 is 2.85 bits per heavy atom. The van der Waals surface area contributed by atoms with E-state index in [1.165, 1.54) is 24.2 Å². The third-order valence-corrected chi connectivity index (χ3v) is 3.18. The Labute approximate surface area is 114 Å². The molecule has 1 aromatic heterocycles. The second-order valence-electron chi connectivity index (χ2n) is 4.64. The van der Waals surface area contributed by atoms with Gasteiger partial charge in [0.1, 0.15) is 6.54 Å². The summed E-state index contributed by atoms with van der Waals surface area (Å²) in [5.41, 5.74) is -0.974. The zero-order chi connectivity index (χ0) is 14.7. The molecular weight excluding hydrogens is 264 g/mol. The van der Waals surface area contributed by atoms with E-state index < -0.39 is 11.2 Å². The maximum absolute atomic E-state index is 12.1. The topological polar surface area (TPSA) is 93.4 Å². The highest BCUT2D eigenvalue weighted by molar-refractivity contribution is 5.85. The number of nitrogens with zero attached hydrogens (tertiary/aromatic N) is 3. The number of hydrogen-bond acceptors (Lipinski definition) is 4. The monoisotopic (exact) mass is 280 g/mol. The number of rotatable bonds is 2. The fraction of sp³-hybridized carbons (Fsp3) is 0.500. The Balaban J connectivity index is 2.15. The second kappa shape index (κ2) is 5.72. The smallest absolute Gasteiger partial charge is 0.331 e. The van der Waals surface area contributed by atoms with Crippen LogP contribution in [0.15, 0.2) is 21.9 Å². The Kier molecular flexibility index (Phi) is 4.02. The molecular formula is C12H16N4O4. The highest BCUT2D eigenvalue weighted by Crippen LogP contribution is 1.98. The van der Waals surface area contributed by atoms with Crippen molar-refractivity contribution in [2.45, 2.75) is 13.0 Å². The van der Waals surface area contributed by atoms with Gasteiger partial charge in [0.25, 0.3) is 5.56 Å². The van der Waals surface area contributed by atoms with Crippen molar-refractivity contribution in [2.75, 3.05) is 19.6 Å². The van der Waals surface area contributed by atoms with E-state index in [0.717, 1.165) is 9.13 Å². The molecule has 0 saturated carbocycles. The zero-order valence-electron chi connectivity index (χ0n) is 11.2. The van der Waals surface area contributed by atoms with Gasteiger partial charge in [-0.2, -0.15) is 0 Å². The zero-order valence-corrected chi connectivity index (χ0v) is 11.2. The highest BCUT2D eigenvalue weighted by Gasteiger charge is 2.20. The maximum Gasteiger partial charge on any atom is 0.331 e. The van der Waals surface area contributed by atoms with Crippen LogP contribution >= 0.6 is 0 Å². The molecule has 0 spiro atoms. The molecule has 1 saturated heterocycles. The van der Waals surface area contributed by atoms with Gasteiger partial charge in [0.05, 0.1) is 6.54 Å². The molecule has 0 aliphatic carbocycles. The van der Waals surface area contributed by atoms with Crippen molar-refractivity contribution in [3.05, 3.63) is 33.1 Å². The van der Waals surface area contributed by atoms with Crippen LogP contribution in [0.25, 0.3) is 0 Å². The summed E-state index contributed by atoms with van der Waals surface area (Å²) in [5.74, 6) is -0.522. The number of carbonyl (C=O) groups is 2. The van der Waals surface area contributed by atoms with E-state index in [4.69, 9.17) is 0 Å². The van der Waals surface area contributed by atoms with Crippen LogP contribution in [0.4, 0.5) is 0 Å². The minimum atomic E-state index is -0.551. The van der Waals surface area contributed by atoms with Gasteiger partial charge in [-0.1, -0.05) is 0 Å². The summed E-state index contributed by atoms with van der Waals surface area (Å²) < 4.78 is 2.09. The molecule has 1 N–H and O–H groups in total. The first-order valence-electron chi connectivity index (χ1n) is 6.30. The first kappa shape index (κ1) is 14.0. The molecule has 1 fully saturated rings. The van der Waals surface area contributed by atoms with E-state index in [1.54, 1.807) is 0 Å². The molecule has 1 aliphatic heterocycles. The van der Waals surface area contributed by atoms with Crippen LogP contribution < -0.4 is 16.6 Å². The van der Waals surface area contributed by atoms with E-state index in [1.807, 2.05) is 0 Å². The molecule has 0 radical (unpaired) electrons. The van der Waals surface area contributed by atoms with Crippen molar-refractivity contribution in [3.63, 3.8) is 0 Å². The van der Waals surface area contributed by atoms with Gasteiger partial charge < -0.3 is 10.2 Å². The van der Waals surface area contributed by atoms with Crippen LogP contribution in [0.5, 0.6) is 0 Å². The molecule has 0 unspecified atom stereocenters. The van der Waals surface area contributed by atoms with Gasteiger partial charge in [-0.05, 0) is 6.42 Å². The number of aromatic nitrogens is 2. The van der Waals surface area contributed by atoms with E-state index in [2.05, 4.69) is 5.32 Å². The predicted octanol–water partition coefficient (Wildman–Crippen LogP) is -2.10. The van der Waals surface area contributed by atoms with E-state index >= 15 is 0 Å². The van der Waals surface area contributed by atoms with E-state index in [0.29, 0.717) is 19.5 Å². The molecule has 20 heavy (non-hydrogen) atoms. The van der Waals surface area contributed by atoms with Crippen molar-refractivity contribution >= 4 is 11.8 Å². The number of nitrogens with one attached hydrogen (secondary N) is 1. The van der Waals surface area contributed by atoms with Crippen LogP contribution in [0, 0.1) is 0 Å². The average molecular weight is 280 g/mol. The van der Waals surface area contributed by atoms with Gasteiger partial charge in [0.15, 0.2) is 0 Å². The van der Waals surface area contributed by atoms with Gasteiger partial charge >= 0.3 is 5.69 Å². The second-order valence-corrected chi connectivity index (χ2v) is 4.64. The number of amides is 2. The fourth-order valence-corrected chi connectivity index (χ4v) is 2.00. The number of carbonyl (C=O) groups excluding carboxylic acids is 2. The summed E-state index contributed by atoms with van der Waals surface area (Å²) in [6.07, 6.45) is 1.97. The standard InChI is InChI=1S/C12H16N4O4/c1-14-10(18)3-6-16(12(14)20)8-11(19)15-5-2-4-13-9(17)7-15/h3,6H,2,4-5,7-8H2,1H3,(H,13,17). The molecule has 0 bridgehead atoms. The van der Waals surface area contributed by atoms with Crippen LogP contribution in [0.1, 0.15) is 6.42 Å². The molecule has 0 aromatic carbocycles. The van der Waals surface area contributed by atoms with Crippen molar-refractivity contribution in [2.24, 2.45) is 7.05 Å². The number of hydrogen-bond donors (Lipinski definition) is 1. The molecule has 1 aliphatic rings. The van der Waals surface area contributed by atoms with Crippen LogP contribution in [0.2, 0.25) is 0 Å². The quantitative estimate of drug-likeness (QED) is 0.671. The Morgan fingerprint density at radius 1 is 1.35 bits per heavy atom. The summed E-state index contributed by atoms with van der Waals surface area (Å²) >= 11 is 0. The summed E-state index contributed by atoms with van der Waals surface area (Å²) in [6, 6.07) is 1.23. The molecule has 2 amide bonds. The van der Waals surface area contributed by atoms with Gasteiger partial charge in [0.2, 0.25) is 11.8 Å². The van der Waals surface area contributed by atoms with E-state index in [9.17, 15) is 19.2 Å². The maximum atomic E-state index is 12.1. The van der Waals surface area contributed by atoms with Crippen LogP contribution in [-0.4, -0.2) is 45.5 Å². The molecule has 2 rings (SSSR count). The summed E-state index contributed by atoms with van der Waals surface area (Å²) in [4.78, 5) is 48.0. The van der Waals surface area contributed by atoms with Gasteiger partial charge in [-0.3, -0.25) is 23.5 Å². The van der Waals surface area contributed by atoms with E-state index in [-0.39, 0.29) is 24.9 Å². The normalized spacial score (nSPS) is 15.7. The SMILES string of the molecule is Cn1c(=O)ccn(CC(=O)N2CCCNC(=O)C2)c1=O. The van der Waals surface area contributed by atoms with Crippen molar-refractivity contribution in [3.8, 4) is 0 Å². The third-order valence-electron chi connectivity index (χ3n) is 3.18. The molecule has 0 atom stereocenters. The lowest BCUT2D eigenvalue weighted by atomic mass is 10.3. The predicted molar refractivity (Wildman–Crippen MR) is 70.1 cm³/mol. The van der Waals surface area contributed by atoms with Crippen molar-refractivity contribution in [1.82, 2.24) is 19.4 Å². The van der Waals surface area contributed by atoms with Gasteiger partial charge in [0, 0.05) is 32.4 Å². The first-order valence-corrected chi connectivity index (χ1v) is 6.30. The lowest BCUT2D eigenvalue weighted by Gasteiger charge is -2.19. The van der Waals surface area contributed by atoms with Crippen LogP contribution in [0.3, 0.4) is 0 Å². The molecule has 108 valence electrons. The summed E-state index contributed by atoms with van der Waals surface area (Å²) in [6.45, 7) is 0.833. The Morgan fingerprint density at radius 2 is 2.10 bits per heavy atom. The third kappa shape index (κ3) is 2.95. The molecule has 8 nitrogen and oxygen atoms in total. The average Bonchev–Trinajstić information content (AvgIpc) is 2.64. The van der Waals surface area contributed by atoms with Gasteiger partial charge in [-0.25, -0.2) is 4.79 Å². The minimum absolute atomic E-state index is 0.000647. The molecule has 8 heteroatoms. The van der Waals surface area contributed by atoms with Gasteiger partial charge in [-0.15, -0.1) is 0 Å². The molecule has 2 heterocycles. The molecule has 1 aromatic rings. The lowest BCUT2D eigenvalue weighted by Crippen LogP contribution is -2.43. The first-order chi connectivity index (χ1) is 9.49. The highest BCUT2D eigenvalue weighted by atomic mass is 16.2. The Bertz CT molecular complexity index is 646. The fourth-order valence-electron chi connectivity index (χ4n) is 2.00. The lowest BCUT2D eigenvalue weighted by molar-refractivity contribution is -0.135. The van der Waals surface area contributed by atoms with Crippen LogP contribution in [-0.2, 0) is 23.2 Å². The summed E-state index contributed by atoms with van der Waals surface area (Å²) in [5, 5.41) is 2.67. The summed E-state index contributed by atoms with van der Waals surface area (Å²) in [7, 11) is 1.35. The van der Waals surface area contributed by atoms with Crippen molar-refractivity contribution in [1.29, 1.82) is 0 Å². The largest absolute Gasteiger partial charge is 0.354 e. The van der Waals surface area contributed by atoms with Crippen molar-refractivity contribution < 1.29 is 9.59 Å².